The van der Waals surface area contributed by atoms with E-state index in [9.17, 15) is 14.7 Å². The summed E-state index contributed by atoms with van der Waals surface area (Å²) >= 11 is 0. The van der Waals surface area contributed by atoms with Gasteiger partial charge in [0.2, 0.25) is 0 Å². The lowest BCUT2D eigenvalue weighted by Gasteiger charge is -2.30. The number of fused-ring (bicyclic) bond motifs is 2. The lowest BCUT2D eigenvalue weighted by atomic mass is 9.76. The molecule has 0 saturated carbocycles. The van der Waals surface area contributed by atoms with Crippen LogP contribution in [0.3, 0.4) is 0 Å². The lowest BCUT2D eigenvalue weighted by molar-refractivity contribution is -0.145. The monoisotopic (exact) mass is 512 g/mol. The number of aliphatic hydroxyl groups excluding tert-OH is 1. The van der Waals surface area contributed by atoms with Crippen molar-refractivity contribution in [1.29, 1.82) is 0 Å². The van der Waals surface area contributed by atoms with E-state index in [1.807, 2.05) is 40.7 Å². The van der Waals surface area contributed by atoms with Crippen LogP contribution < -0.4 is 14.2 Å². The third kappa shape index (κ3) is 6.63. The van der Waals surface area contributed by atoms with Crippen LogP contribution in [0.25, 0.3) is 0 Å². The second-order valence-corrected chi connectivity index (χ2v) is 12.1. The minimum absolute atomic E-state index is 0.0675. The molecular weight excluding hydrogens is 472 g/mol. The van der Waals surface area contributed by atoms with Crippen LogP contribution in [0.2, 0.25) is 0 Å². The Kier molecular flexibility index (Phi) is 8.27. The summed E-state index contributed by atoms with van der Waals surface area (Å²) in [5, 5.41) is 10.8. The van der Waals surface area contributed by atoms with Crippen LogP contribution in [0.1, 0.15) is 94.5 Å². The molecule has 1 aliphatic heterocycles. The van der Waals surface area contributed by atoms with E-state index in [-0.39, 0.29) is 46.7 Å². The van der Waals surface area contributed by atoms with Crippen molar-refractivity contribution in [3.05, 3.63) is 46.5 Å². The van der Waals surface area contributed by atoms with E-state index in [4.69, 9.17) is 18.9 Å². The number of carbonyl (C=O) groups is 2. The summed E-state index contributed by atoms with van der Waals surface area (Å²) in [6.07, 6.45) is 0.305. The van der Waals surface area contributed by atoms with Crippen LogP contribution in [0.4, 0.5) is 0 Å². The van der Waals surface area contributed by atoms with Crippen molar-refractivity contribution < 1.29 is 33.6 Å². The highest BCUT2D eigenvalue weighted by atomic mass is 16.6. The average molecular weight is 513 g/mol. The summed E-state index contributed by atoms with van der Waals surface area (Å²) in [6.45, 7) is 15.8. The van der Waals surface area contributed by atoms with Crippen LogP contribution in [0.15, 0.2) is 24.3 Å². The normalized spacial score (nSPS) is 14.5. The summed E-state index contributed by atoms with van der Waals surface area (Å²) in [6, 6.07) is 6.88. The van der Waals surface area contributed by atoms with E-state index < -0.39 is 17.5 Å². The Morgan fingerprint density at radius 2 is 1.81 bits per heavy atom. The molecule has 0 saturated heterocycles. The van der Waals surface area contributed by atoms with Crippen LogP contribution >= 0.6 is 0 Å². The first-order valence-corrected chi connectivity index (χ1v) is 12.7. The van der Waals surface area contributed by atoms with Crippen LogP contribution in [0.5, 0.6) is 23.0 Å². The van der Waals surface area contributed by atoms with Gasteiger partial charge in [0, 0.05) is 11.1 Å². The largest absolute Gasteiger partial charge is 0.495 e. The number of methoxy groups -OCH3 is 1. The molecule has 1 N–H and O–H groups in total. The second-order valence-electron chi connectivity index (χ2n) is 12.1. The SMILES string of the molecule is COc1c([C@@H](O)CC(C)C)ccc2c1C(=O)OCc1cc(C)cc(OC(=O)C(C)(C)CC(C)(C)C)c1O2. The fourth-order valence-corrected chi connectivity index (χ4v) is 4.99. The first-order chi connectivity index (χ1) is 17.1. The highest BCUT2D eigenvalue weighted by Gasteiger charge is 2.36. The first kappa shape index (κ1) is 28.5. The van der Waals surface area contributed by atoms with Crippen molar-refractivity contribution in [3.8, 4) is 23.0 Å². The molecule has 2 aromatic rings. The highest BCUT2D eigenvalue weighted by Crippen LogP contribution is 2.45. The number of carbonyl (C=O) groups excluding carboxylic acids is 2. The number of aliphatic hydroxyl groups is 1. The van der Waals surface area contributed by atoms with Gasteiger partial charge in [-0.05, 0) is 74.8 Å². The Morgan fingerprint density at radius 3 is 2.41 bits per heavy atom. The van der Waals surface area contributed by atoms with E-state index in [0.717, 1.165) is 5.56 Å². The number of hydrogen-bond donors (Lipinski definition) is 1. The minimum atomic E-state index is -0.824. The van der Waals surface area contributed by atoms with E-state index in [0.29, 0.717) is 29.7 Å². The van der Waals surface area contributed by atoms with Gasteiger partial charge in [0.15, 0.2) is 11.5 Å². The van der Waals surface area contributed by atoms with E-state index in [1.165, 1.54) is 7.11 Å². The summed E-state index contributed by atoms with van der Waals surface area (Å²) < 4.78 is 23.4. The molecule has 1 heterocycles. The average Bonchev–Trinajstić information content (AvgIpc) is 2.75. The van der Waals surface area contributed by atoms with E-state index >= 15 is 0 Å². The lowest BCUT2D eigenvalue weighted by Crippen LogP contribution is -2.33. The summed E-state index contributed by atoms with van der Waals surface area (Å²) in [5.74, 6) is 0.199. The molecule has 0 amide bonds. The maximum atomic E-state index is 13.3. The fourth-order valence-electron chi connectivity index (χ4n) is 4.99. The molecule has 2 aromatic carbocycles. The summed E-state index contributed by atoms with van der Waals surface area (Å²) in [5.41, 5.74) is 1.18. The maximum absolute atomic E-state index is 13.3. The van der Waals surface area contributed by atoms with Gasteiger partial charge in [-0.15, -0.1) is 0 Å². The first-order valence-electron chi connectivity index (χ1n) is 12.7. The standard InChI is InChI=1S/C30H40O7/c1-17(2)12-21(31)20-10-11-22-24(26(20)34-9)27(32)35-15-19-13-18(3)14-23(25(19)36-22)37-28(33)30(7,8)16-29(4,5)6/h10-11,13-14,17,21,31H,12,15-16H2,1-9H3/t21-/m0/s1. The van der Waals surface area contributed by atoms with Crippen LogP contribution in [-0.2, 0) is 16.1 Å². The third-order valence-corrected chi connectivity index (χ3v) is 6.19. The molecule has 0 bridgehead atoms. The topological polar surface area (TPSA) is 91.3 Å². The van der Waals surface area contributed by atoms with Gasteiger partial charge in [-0.25, -0.2) is 4.79 Å². The van der Waals surface area contributed by atoms with Crippen molar-refractivity contribution in [3.63, 3.8) is 0 Å². The molecule has 1 atom stereocenters. The Bertz CT molecular complexity index is 1170. The van der Waals surface area contributed by atoms with Crippen molar-refractivity contribution in [1.82, 2.24) is 0 Å². The Balaban J connectivity index is 2.07. The van der Waals surface area contributed by atoms with Crippen molar-refractivity contribution in [2.45, 2.75) is 80.9 Å². The van der Waals surface area contributed by atoms with Gasteiger partial charge in [0.1, 0.15) is 23.7 Å². The third-order valence-electron chi connectivity index (χ3n) is 6.19. The van der Waals surface area contributed by atoms with Gasteiger partial charge in [-0.3, -0.25) is 4.79 Å². The molecule has 0 aromatic heterocycles. The number of rotatable bonds is 7. The number of cyclic esters (lactones) is 1. The number of benzene rings is 2. The summed E-state index contributed by atoms with van der Waals surface area (Å²) in [7, 11) is 1.44. The minimum Gasteiger partial charge on any atom is -0.495 e. The Hall–Kier alpha value is -3.06. The molecule has 0 unspecified atom stereocenters. The highest BCUT2D eigenvalue weighted by molar-refractivity contribution is 5.97. The van der Waals surface area contributed by atoms with Crippen LogP contribution in [0, 0.1) is 23.7 Å². The zero-order chi connectivity index (χ0) is 27.7. The molecule has 1 aliphatic rings. The van der Waals surface area contributed by atoms with Crippen molar-refractivity contribution >= 4 is 11.9 Å². The van der Waals surface area contributed by atoms with Gasteiger partial charge in [0.25, 0.3) is 0 Å². The molecule has 0 aliphatic carbocycles. The number of ether oxygens (including phenoxy) is 4. The predicted molar refractivity (Wildman–Crippen MR) is 141 cm³/mol. The molecule has 0 spiro atoms. The fraction of sp³-hybridized carbons (Fsp3) is 0.533. The molecule has 202 valence electrons. The smallest absolute Gasteiger partial charge is 0.346 e. The number of aryl methyl sites for hydroxylation is 1. The van der Waals surface area contributed by atoms with Gasteiger partial charge < -0.3 is 24.1 Å². The molecule has 7 heteroatoms. The Morgan fingerprint density at radius 1 is 1.14 bits per heavy atom. The molecular formula is C30H40O7. The van der Waals surface area contributed by atoms with Gasteiger partial charge >= 0.3 is 11.9 Å². The van der Waals surface area contributed by atoms with Gasteiger partial charge in [0.05, 0.1) is 18.6 Å². The van der Waals surface area contributed by atoms with Crippen molar-refractivity contribution in [2.75, 3.05) is 7.11 Å². The molecule has 7 nitrogen and oxygen atoms in total. The quantitative estimate of drug-likeness (QED) is 0.318. The van der Waals surface area contributed by atoms with E-state index in [2.05, 4.69) is 20.8 Å². The maximum Gasteiger partial charge on any atom is 0.346 e. The van der Waals surface area contributed by atoms with Crippen LogP contribution in [-0.4, -0.2) is 24.2 Å². The summed E-state index contributed by atoms with van der Waals surface area (Å²) in [4.78, 5) is 26.4. The second kappa shape index (κ2) is 10.7. The van der Waals surface area contributed by atoms with Crippen molar-refractivity contribution in [2.24, 2.45) is 16.7 Å². The molecule has 0 radical (unpaired) electrons. The van der Waals surface area contributed by atoms with E-state index in [1.54, 1.807) is 18.2 Å². The van der Waals surface area contributed by atoms with Gasteiger partial charge in [-0.1, -0.05) is 34.6 Å². The molecule has 37 heavy (non-hydrogen) atoms. The Labute approximate surface area is 220 Å². The zero-order valence-electron chi connectivity index (χ0n) is 23.5. The number of esters is 2. The number of hydrogen-bond acceptors (Lipinski definition) is 7. The predicted octanol–water partition coefficient (Wildman–Crippen LogP) is 6.91. The van der Waals surface area contributed by atoms with Gasteiger partial charge in [-0.2, -0.15) is 0 Å². The molecule has 3 rings (SSSR count). The molecule has 0 fully saturated rings. The zero-order valence-corrected chi connectivity index (χ0v) is 23.5.